The summed E-state index contributed by atoms with van der Waals surface area (Å²) in [5.74, 6) is -0.560. The smallest absolute Gasteiger partial charge is 0.264 e. The number of piperidine rings is 1. The van der Waals surface area contributed by atoms with E-state index in [4.69, 9.17) is 10.5 Å². The fourth-order valence-corrected chi connectivity index (χ4v) is 8.66. The van der Waals surface area contributed by atoms with Crippen LogP contribution in [0.1, 0.15) is 84.9 Å². The molecule has 16 nitrogen and oxygen atoms in total. The summed E-state index contributed by atoms with van der Waals surface area (Å²) in [5.41, 5.74) is 10.3. The standard InChI is InChI=1S/C46H53N9O7/c47-43-38(27-36(50-51-43)33-14-7-8-17-39(33)56)54-28-32(29-54)62-31-13-10-12-30(26-31)52-22-24-53(25-23-52)41(58)18-6-4-2-1-3-5-9-21-48-35-16-11-15-34-42(35)46(61)55(45(34)60)37-19-20-40(57)49-44(37)59/h7-8,10-17,26-27,32,37,48,56H,1-6,9,18-25,28-29H2,(H2,47,51)(H,49,57,59). The van der Waals surface area contributed by atoms with E-state index < -0.39 is 29.7 Å². The van der Waals surface area contributed by atoms with Crippen LogP contribution in [0.25, 0.3) is 11.3 Å². The highest BCUT2D eigenvalue weighted by Crippen LogP contribution is 2.35. The van der Waals surface area contributed by atoms with Crippen LogP contribution in [-0.2, 0) is 14.4 Å². The van der Waals surface area contributed by atoms with E-state index in [1.165, 1.54) is 0 Å². The number of rotatable bonds is 17. The third kappa shape index (κ3) is 9.28. The van der Waals surface area contributed by atoms with Crippen LogP contribution in [0.2, 0.25) is 0 Å². The minimum atomic E-state index is -0.986. The van der Waals surface area contributed by atoms with E-state index in [9.17, 15) is 29.1 Å². The number of hydrogen-bond donors (Lipinski definition) is 4. The number of aromatic nitrogens is 2. The molecule has 324 valence electrons. The minimum Gasteiger partial charge on any atom is -0.507 e. The van der Waals surface area contributed by atoms with Crippen LogP contribution in [0.4, 0.5) is 22.9 Å². The first-order valence-corrected chi connectivity index (χ1v) is 21.7. The molecular weight excluding hydrogens is 791 g/mol. The number of phenolic OH excluding ortho intramolecular Hbond substituents is 1. The van der Waals surface area contributed by atoms with E-state index in [2.05, 4.69) is 42.8 Å². The summed E-state index contributed by atoms with van der Waals surface area (Å²) in [6.45, 7) is 4.83. The molecule has 1 aromatic heterocycles. The number of anilines is 4. The summed E-state index contributed by atoms with van der Waals surface area (Å²) in [6.07, 6.45) is 7.77. The van der Waals surface area contributed by atoms with Crippen molar-refractivity contribution in [1.29, 1.82) is 0 Å². The highest BCUT2D eigenvalue weighted by Gasteiger charge is 2.45. The van der Waals surface area contributed by atoms with Crippen LogP contribution >= 0.6 is 0 Å². The van der Waals surface area contributed by atoms with Gasteiger partial charge in [0.1, 0.15) is 23.6 Å². The molecule has 16 heteroatoms. The van der Waals surface area contributed by atoms with Crippen molar-refractivity contribution in [2.75, 3.05) is 66.7 Å². The van der Waals surface area contributed by atoms with Crippen LogP contribution in [0.3, 0.4) is 0 Å². The van der Waals surface area contributed by atoms with Gasteiger partial charge in [-0.15, -0.1) is 10.2 Å². The Morgan fingerprint density at radius 3 is 2.31 bits per heavy atom. The molecule has 5 N–H and O–H groups in total. The number of piperazine rings is 1. The summed E-state index contributed by atoms with van der Waals surface area (Å²) in [6, 6.07) is 21.1. The van der Waals surface area contributed by atoms with Gasteiger partial charge in [0.2, 0.25) is 17.7 Å². The number of aromatic hydroxyl groups is 1. The molecular formula is C46H53N9O7. The number of amides is 5. The highest BCUT2D eigenvalue weighted by atomic mass is 16.5. The number of para-hydroxylation sites is 1. The second kappa shape index (κ2) is 18.9. The van der Waals surface area contributed by atoms with Crippen LogP contribution in [0.5, 0.6) is 11.5 Å². The zero-order valence-corrected chi connectivity index (χ0v) is 34.8. The van der Waals surface area contributed by atoms with E-state index in [1.807, 2.05) is 29.2 Å². The number of nitrogens with two attached hydrogens (primary N) is 1. The Morgan fingerprint density at radius 2 is 1.53 bits per heavy atom. The Kier molecular flexibility index (Phi) is 12.8. The van der Waals surface area contributed by atoms with E-state index in [0.717, 1.165) is 80.1 Å². The lowest BCUT2D eigenvalue weighted by molar-refractivity contribution is -0.136. The van der Waals surface area contributed by atoms with Gasteiger partial charge in [-0.25, -0.2) is 0 Å². The average molecular weight is 844 g/mol. The number of nitrogens with zero attached hydrogens (tertiary/aromatic N) is 6. The van der Waals surface area contributed by atoms with Gasteiger partial charge < -0.3 is 35.6 Å². The van der Waals surface area contributed by atoms with Gasteiger partial charge in [-0.05, 0) is 61.7 Å². The molecule has 1 unspecified atom stereocenters. The third-order valence-electron chi connectivity index (χ3n) is 12.1. The first kappa shape index (κ1) is 42.0. The van der Waals surface area contributed by atoms with Crippen molar-refractivity contribution < 1.29 is 33.8 Å². The van der Waals surface area contributed by atoms with Crippen molar-refractivity contribution in [3.8, 4) is 22.8 Å². The molecule has 3 aromatic carbocycles. The number of imide groups is 2. The number of benzene rings is 3. The van der Waals surface area contributed by atoms with Gasteiger partial charge in [0.25, 0.3) is 11.8 Å². The first-order valence-electron chi connectivity index (χ1n) is 21.7. The maximum atomic E-state index is 13.3. The second-order valence-corrected chi connectivity index (χ2v) is 16.4. The molecule has 5 heterocycles. The number of nitrogens with one attached hydrogen (secondary N) is 2. The normalized spacial score (nSPS) is 17.8. The molecule has 5 amide bonds. The number of phenols is 1. The predicted octanol–water partition coefficient (Wildman–Crippen LogP) is 4.98. The molecule has 0 aliphatic carbocycles. The molecule has 4 aliphatic rings. The highest BCUT2D eigenvalue weighted by molar-refractivity contribution is 6.25. The summed E-state index contributed by atoms with van der Waals surface area (Å²) in [4.78, 5) is 70.8. The quantitative estimate of drug-likeness (QED) is 0.0820. The van der Waals surface area contributed by atoms with Crippen LogP contribution < -0.4 is 30.9 Å². The molecule has 3 saturated heterocycles. The van der Waals surface area contributed by atoms with Crippen molar-refractivity contribution in [3.63, 3.8) is 0 Å². The van der Waals surface area contributed by atoms with Crippen molar-refractivity contribution in [3.05, 3.63) is 83.9 Å². The van der Waals surface area contributed by atoms with Gasteiger partial charge in [-0.2, -0.15) is 0 Å². The average Bonchev–Trinajstić information content (AvgIpc) is 3.52. The zero-order chi connectivity index (χ0) is 43.2. The first-order chi connectivity index (χ1) is 30.1. The van der Waals surface area contributed by atoms with Crippen LogP contribution in [0.15, 0.2) is 72.8 Å². The monoisotopic (exact) mass is 843 g/mol. The third-order valence-corrected chi connectivity index (χ3v) is 12.1. The van der Waals surface area contributed by atoms with E-state index >= 15 is 0 Å². The molecule has 0 radical (unpaired) electrons. The van der Waals surface area contributed by atoms with Crippen molar-refractivity contribution in [1.82, 2.24) is 25.3 Å². The van der Waals surface area contributed by atoms with Gasteiger partial charge in [0.15, 0.2) is 5.82 Å². The maximum Gasteiger partial charge on any atom is 0.264 e. The van der Waals surface area contributed by atoms with Crippen LogP contribution in [-0.4, -0.2) is 113 Å². The lowest BCUT2D eigenvalue weighted by atomic mass is 10.0. The minimum absolute atomic E-state index is 0.0161. The topological polar surface area (TPSA) is 204 Å². The molecule has 0 bridgehead atoms. The Labute approximate surface area is 360 Å². The molecule has 0 spiro atoms. The van der Waals surface area contributed by atoms with Gasteiger partial charge in [-0.1, -0.05) is 56.4 Å². The van der Waals surface area contributed by atoms with E-state index in [0.29, 0.717) is 61.9 Å². The lowest BCUT2D eigenvalue weighted by Crippen LogP contribution is -2.54. The molecule has 8 rings (SSSR count). The van der Waals surface area contributed by atoms with E-state index in [1.54, 1.807) is 36.4 Å². The SMILES string of the molecule is Nc1nnc(-c2ccccc2O)cc1N1CC(Oc2cccc(N3CCN(C(=O)CCCCCCCCCNc4cccc5c4C(=O)N(C4CCC(=O)NC4=O)C5=O)CC3)c2)C1. The predicted molar refractivity (Wildman–Crippen MR) is 234 cm³/mol. The fraction of sp³-hybridized carbons (Fsp3) is 0.413. The van der Waals surface area contributed by atoms with Crippen molar-refractivity contribution >= 4 is 52.4 Å². The Balaban J connectivity index is 0.688. The zero-order valence-electron chi connectivity index (χ0n) is 34.8. The van der Waals surface area contributed by atoms with Gasteiger partial charge in [0, 0.05) is 68.6 Å². The summed E-state index contributed by atoms with van der Waals surface area (Å²) in [7, 11) is 0. The molecule has 4 aliphatic heterocycles. The number of ether oxygens (including phenoxy) is 1. The summed E-state index contributed by atoms with van der Waals surface area (Å²) in [5, 5.41) is 24.1. The number of hydrogen-bond acceptors (Lipinski definition) is 13. The van der Waals surface area contributed by atoms with Gasteiger partial charge >= 0.3 is 0 Å². The van der Waals surface area contributed by atoms with Crippen molar-refractivity contribution in [2.45, 2.75) is 76.4 Å². The number of carbonyl (C=O) groups excluding carboxylic acids is 5. The second-order valence-electron chi connectivity index (χ2n) is 16.4. The lowest BCUT2D eigenvalue weighted by Gasteiger charge is -2.41. The molecule has 62 heavy (non-hydrogen) atoms. The number of nitrogen functional groups attached to an aromatic ring is 1. The Bertz CT molecular complexity index is 2330. The number of fused-ring (bicyclic) bond motifs is 1. The molecule has 1 atom stereocenters. The van der Waals surface area contributed by atoms with Gasteiger partial charge in [-0.3, -0.25) is 34.2 Å². The number of unbranched alkanes of at least 4 members (excludes halogenated alkanes) is 6. The maximum absolute atomic E-state index is 13.3. The van der Waals surface area contributed by atoms with Crippen LogP contribution in [0, 0.1) is 0 Å². The molecule has 0 saturated carbocycles. The Hall–Kier alpha value is -6.71. The summed E-state index contributed by atoms with van der Waals surface area (Å²) >= 11 is 0. The number of carbonyl (C=O) groups is 5. The largest absolute Gasteiger partial charge is 0.507 e. The fourth-order valence-electron chi connectivity index (χ4n) is 8.66. The Morgan fingerprint density at radius 1 is 0.806 bits per heavy atom. The van der Waals surface area contributed by atoms with Gasteiger partial charge in [0.05, 0.1) is 35.6 Å². The molecule has 4 aromatic rings. The molecule has 3 fully saturated rings. The van der Waals surface area contributed by atoms with E-state index in [-0.39, 0.29) is 41.7 Å². The summed E-state index contributed by atoms with van der Waals surface area (Å²) < 4.78 is 6.33. The van der Waals surface area contributed by atoms with Crippen molar-refractivity contribution in [2.24, 2.45) is 0 Å².